The number of anilines is 2. The van der Waals surface area contributed by atoms with Crippen LogP contribution in [0.4, 0.5) is 11.6 Å². The first-order valence-corrected chi connectivity index (χ1v) is 22.4. The fourth-order valence-corrected chi connectivity index (χ4v) is 9.95. The molecule has 1 aromatic carbocycles. The number of aromatic amines is 1. The van der Waals surface area contributed by atoms with E-state index in [1.165, 1.54) is 28.0 Å². The second-order valence-electron chi connectivity index (χ2n) is 15.7. The Labute approximate surface area is 332 Å². The maximum absolute atomic E-state index is 14.3. The quantitative estimate of drug-likeness (QED) is 0.129. The molecular formula is C41H39N7O6S3. The van der Waals surface area contributed by atoms with E-state index in [0.29, 0.717) is 39.0 Å². The van der Waals surface area contributed by atoms with Crippen LogP contribution in [0.1, 0.15) is 69.0 Å². The van der Waals surface area contributed by atoms with Crippen LogP contribution >= 0.6 is 11.3 Å². The molecule has 0 saturated heterocycles. The average Bonchev–Trinajstić information content (AvgIpc) is 4.06. The highest BCUT2D eigenvalue weighted by molar-refractivity contribution is 7.94. The number of thiophene rings is 1. The van der Waals surface area contributed by atoms with Gasteiger partial charge in [0.25, 0.3) is 21.1 Å². The van der Waals surface area contributed by atoms with Crippen LogP contribution in [0.15, 0.2) is 105 Å². The first-order chi connectivity index (χ1) is 27.1. The van der Waals surface area contributed by atoms with E-state index in [-0.39, 0.29) is 45.5 Å². The molecule has 7 aromatic rings. The van der Waals surface area contributed by atoms with E-state index < -0.39 is 24.8 Å². The van der Waals surface area contributed by atoms with Crippen molar-refractivity contribution in [3.05, 3.63) is 123 Å². The summed E-state index contributed by atoms with van der Waals surface area (Å²) < 4.78 is 61.1. The normalized spacial score (nSPS) is 17.3. The van der Waals surface area contributed by atoms with Crippen LogP contribution in [-0.2, 0) is 27.1 Å². The van der Waals surface area contributed by atoms with Crippen molar-refractivity contribution in [2.45, 2.75) is 67.6 Å². The molecule has 3 N–H and O–H groups in total. The Morgan fingerprint density at radius 3 is 2.16 bits per heavy atom. The summed E-state index contributed by atoms with van der Waals surface area (Å²) in [5.41, 5.74) is 4.31. The van der Waals surface area contributed by atoms with E-state index in [0.717, 1.165) is 34.9 Å². The van der Waals surface area contributed by atoms with Gasteiger partial charge in [-0.05, 0) is 98.9 Å². The molecular weight excluding hydrogens is 783 g/mol. The lowest BCUT2D eigenvalue weighted by atomic mass is 10.00. The molecule has 0 aliphatic heterocycles. The minimum absolute atomic E-state index is 0.0884. The molecule has 6 aromatic heterocycles. The molecule has 6 heterocycles. The molecule has 0 bridgehead atoms. The topological polar surface area (TPSA) is 178 Å². The molecule has 0 spiro atoms. The van der Waals surface area contributed by atoms with Gasteiger partial charge in [0, 0.05) is 59.5 Å². The van der Waals surface area contributed by atoms with Crippen molar-refractivity contribution >= 4 is 64.0 Å². The third-order valence-electron chi connectivity index (χ3n) is 10.8. The predicted octanol–water partition coefficient (Wildman–Crippen LogP) is 7.31. The SMILES string of the molecule is Cn1cc(-c2nc(NS(=O)(=O)c3ccccc3)ccc2C2CC2n2cc(-c3nc(NS(=O)(=O)C(C)(C)C)ccc3C3CC3)c3ccsc3c2=O)c2cc[nH]c2c1=O. The van der Waals surface area contributed by atoms with E-state index in [4.69, 9.17) is 9.97 Å². The lowest BCUT2D eigenvalue weighted by molar-refractivity contribution is 0.565. The zero-order chi connectivity index (χ0) is 40.0. The fourth-order valence-electron chi connectivity index (χ4n) is 7.38. The van der Waals surface area contributed by atoms with Gasteiger partial charge in [-0.3, -0.25) is 19.0 Å². The average molecular weight is 822 g/mol. The van der Waals surface area contributed by atoms with E-state index in [2.05, 4.69) is 14.4 Å². The van der Waals surface area contributed by atoms with Crippen LogP contribution in [0.3, 0.4) is 0 Å². The minimum Gasteiger partial charge on any atom is -0.357 e. The molecule has 2 aliphatic carbocycles. The van der Waals surface area contributed by atoms with Crippen LogP contribution in [0.25, 0.3) is 43.5 Å². The Hall–Kier alpha value is -5.58. The summed E-state index contributed by atoms with van der Waals surface area (Å²) in [4.78, 5) is 40.3. The van der Waals surface area contributed by atoms with E-state index in [9.17, 15) is 26.4 Å². The molecule has 0 radical (unpaired) electrons. The predicted molar refractivity (Wildman–Crippen MR) is 224 cm³/mol. The van der Waals surface area contributed by atoms with Crippen molar-refractivity contribution < 1.29 is 16.8 Å². The summed E-state index contributed by atoms with van der Waals surface area (Å²) in [7, 11) is -6.07. The number of rotatable bonds is 10. The van der Waals surface area contributed by atoms with Crippen molar-refractivity contribution in [1.29, 1.82) is 0 Å². The van der Waals surface area contributed by atoms with Gasteiger partial charge in [0.1, 0.15) is 21.9 Å². The summed E-state index contributed by atoms with van der Waals surface area (Å²) in [5, 5.41) is 3.26. The summed E-state index contributed by atoms with van der Waals surface area (Å²) in [6, 6.07) is 18.6. The van der Waals surface area contributed by atoms with Crippen LogP contribution < -0.4 is 20.6 Å². The smallest absolute Gasteiger partial charge is 0.274 e. The molecule has 2 unspecified atom stereocenters. The molecule has 16 heteroatoms. The lowest BCUT2D eigenvalue weighted by Gasteiger charge is -2.21. The van der Waals surface area contributed by atoms with Crippen molar-refractivity contribution in [1.82, 2.24) is 24.1 Å². The van der Waals surface area contributed by atoms with Gasteiger partial charge < -0.3 is 14.1 Å². The highest BCUT2D eigenvalue weighted by Crippen LogP contribution is 2.54. The minimum atomic E-state index is -3.97. The van der Waals surface area contributed by atoms with Crippen LogP contribution in [0, 0.1) is 0 Å². The zero-order valence-electron chi connectivity index (χ0n) is 31.5. The number of H-pyrrole nitrogens is 1. The number of benzene rings is 1. The first kappa shape index (κ1) is 37.0. The molecule has 2 fully saturated rings. The Morgan fingerprint density at radius 2 is 1.46 bits per heavy atom. The number of nitrogens with zero attached hydrogens (tertiary/aromatic N) is 4. The third-order valence-corrected chi connectivity index (χ3v) is 15.1. The largest absolute Gasteiger partial charge is 0.357 e. The second-order valence-corrected chi connectivity index (χ2v) is 20.8. The van der Waals surface area contributed by atoms with Gasteiger partial charge in [0.2, 0.25) is 10.0 Å². The van der Waals surface area contributed by atoms with Crippen molar-refractivity contribution in [2.75, 3.05) is 9.44 Å². The molecule has 2 atom stereocenters. The second kappa shape index (κ2) is 13.2. The van der Waals surface area contributed by atoms with Gasteiger partial charge >= 0.3 is 0 Å². The highest BCUT2D eigenvalue weighted by Gasteiger charge is 2.43. The Morgan fingerprint density at radius 1 is 0.789 bits per heavy atom. The Balaban J connectivity index is 1.16. The maximum atomic E-state index is 14.3. The fraction of sp³-hybridized carbons (Fsp3) is 0.268. The van der Waals surface area contributed by atoms with Crippen molar-refractivity contribution in [3.8, 4) is 22.5 Å². The van der Waals surface area contributed by atoms with Gasteiger partial charge in [-0.1, -0.05) is 30.3 Å². The number of nitrogens with one attached hydrogen (secondary N) is 3. The molecule has 0 amide bonds. The molecule has 2 aliphatic rings. The highest BCUT2D eigenvalue weighted by atomic mass is 32.2. The van der Waals surface area contributed by atoms with Crippen LogP contribution in [0.5, 0.6) is 0 Å². The van der Waals surface area contributed by atoms with Gasteiger partial charge in [0.05, 0.1) is 21.0 Å². The molecule has 2 saturated carbocycles. The number of pyridine rings is 4. The van der Waals surface area contributed by atoms with Gasteiger partial charge in [-0.25, -0.2) is 26.8 Å². The molecule has 292 valence electrons. The first-order valence-electron chi connectivity index (χ1n) is 18.5. The number of hydrogen-bond donors (Lipinski definition) is 3. The maximum Gasteiger partial charge on any atom is 0.274 e. The van der Waals surface area contributed by atoms with Crippen LogP contribution in [-0.4, -0.2) is 45.7 Å². The van der Waals surface area contributed by atoms with Gasteiger partial charge in [-0.15, -0.1) is 11.3 Å². The van der Waals surface area contributed by atoms with Crippen molar-refractivity contribution in [2.24, 2.45) is 7.05 Å². The number of fused-ring (bicyclic) bond motifs is 2. The van der Waals surface area contributed by atoms with E-state index in [1.807, 2.05) is 29.8 Å². The summed E-state index contributed by atoms with van der Waals surface area (Å²) >= 11 is 1.35. The van der Waals surface area contributed by atoms with E-state index in [1.54, 1.807) is 81.2 Å². The molecule has 57 heavy (non-hydrogen) atoms. The Bertz CT molecular complexity index is 3100. The monoisotopic (exact) mass is 821 g/mol. The standard InChI is InChI=1S/C41H39N7O6S3/c1-41(2,3)57(53,54)46-34-14-12-25(23-10-11-23)35(44-34)31-22-48(40(50)38-28(31)17-19-55-38)32-20-29(32)26-13-15-33(45-56(51,52)24-8-6-5-7-9-24)43-36(26)30-21-47(4)39(49)37-27(30)16-18-42-37/h5-9,12-19,21-23,29,32,42H,10-11,20H2,1-4H3,(H,43,45)(H,44,46). The Kier molecular flexibility index (Phi) is 8.60. The summed E-state index contributed by atoms with van der Waals surface area (Å²) in [6.45, 7) is 4.88. The van der Waals surface area contributed by atoms with Gasteiger partial charge in [-0.2, -0.15) is 0 Å². The zero-order valence-corrected chi connectivity index (χ0v) is 33.9. The number of aryl methyl sites for hydroxylation is 1. The number of aromatic nitrogens is 5. The van der Waals surface area contributed by atoms with Gasteiger partial charge in [0.15, 0.2) is 0 Å². The third kappa shape index (κ3) is 6.54. The van der Waals surface area contributed by atoms with Crippen LogP contribution in [0.2, 0.25) is 0 Å². The molecule has 9 rings (SSSR count). The summed E-state index contributed by atoms with van der Waals surface area (Å²) in [6.07, 6.45) is 7.81. The number of hydrogen-bond acceptors (Lipinski definition) is 9. The lowest BCUT2D eigenvalue weighted by Crippen LogP contribution is -2.34. The van der Waals surface area contributed by atoms with E-state index >= 15 is 0 Å². The molecule has 13 nitrogen and oxygen atoms in total. The van der Waals surface area contributed by atoms with Crippen molar-refractivity contribution in [3.63, 3.8) is 0 Å². The number of sulfonamides is 2. The summed E-state index contributed by atoms with van der Waals surface area (Å²) in [5.74, 6) is 0.401.